The molecular formula is C18H16BrFN4O3S. The van der Waals surface area contributed by atoms with Gasteiger partial charge in [-0.3, -0.25) is 14.7 Å². The van der Waals surface area contributed by atoms with Crippen LogP contribution in [0.4, 0.5) is 4.39 Å². The van der Waals surface area contributed by atoms with Crippen LogP contribution in [0.3, 0.4) is 0 Å². The number of thioether (sulfide) groups is 1. The number of halogens is 2. The van der Waals surface area contributed by atoms with Crippen molar-refractivity contribution in [2.24, 2.45) is 0 Å². The van der Waals surface area contributed by atoms with Crippen LogP contribution in [-0.2, 0) is 0 Å². The van der Waals surface area contributed by atoms with E-state index < -0.39 is 5.25 Å². The fourth-order valence-corrected chi connectivity index (χ4v) is 4.39. The third kappa shape index (κ3) is 4.50. The van der Waals surface area contributed by atoms with E-state index in [0.29, 0.717) is 26.9 Å². The van der Waals surface area contributed by atoms with Crippen LogP contribution in [-0.4, -0.2) is 33.3 Å². The number of nitrogens with zero attached hydrogens (tertiary/aromatic N) is 4. The highest BCUT2D eigenvalue weighted by atomic mass is 79.9. The van der Waals surface area contributed by atoms with Crippen molar-refractivity contribution in [3.8, 4) is 11.4 Å². The van der Waals surface area contributed by atoms with E-state index in [1.807, 2.05) is 0 Å². The molecule has 10 heteroatoms. The molecule has 0 saturated carbocycles. The Labute approximate surface area is 173 Å². The molecule has 1 heterocycles. The van der Waals surface area contributed by atoms with Gasteiger partial charge >= 0.3 is 0 Å². The number of methoxy groups -OCH3 is 1. The summed E-state index contributed by atoms with van der Waals surface area (Å²) < 4.78 is 20.9. The molecule has 0 amide bonds. The molecule has 2 aromatic carbocycles. The quantitative estimate of drug-likeness (QED) is 0.287. The van der Waals surface area contributed by atoms with Gasteiger partial charge < -0.3 is 4.74 Å². The van der Waals surface area contributed by atoms with Gasteiger partial charge in [0.15, 0.2) is 5.16 Å². The maximum atomic E-state index is 13.3. The standard InChI is InChI=1S/C18H16BrFN4O3S/c1-11-21-22-18(24(11)14-6-4-13(20)5-7-14)28-17(10-23(25)26)12-3-8-16(27-2)15(19)9-12/h3-9,17H,10H2,1-2H3/t17-/m1/s1. The van der Waals surface area contributed by atoms with Crippen LogP contribution in [0, 0.1) is 22.9 Å². The van der Waals surface area contributed by atoms with Gasteiger partial charge in [0, 0.05) is 10.6 Å². The van der Waals surface area contributed by atoms with E-state index in [-0.39, 0.29) is 17.3 Å². The Hall–Kier alpha value is -2.46. The van der Waals surface area contributed by atoms with Crippen LogP contribution in [0.25, 0.3) is 5.69 Å². The highest BCUT2D eigenvalue weighted by molar-refractivity contribution is 9.10. The van der Waals surface area contributed by atoms with Gasteiger partial charge in [0.1, 0.15) is 22.6 Å². The predicted octanol–water partition coefficient (Wildman–Crippen LogP) is 4.60. The molecule has 0 aliphatic carbocycles. The van der Waals surface area contributed by atoms with Gasteiger partial charge in [0.05, 0.1) is 11.6 Å². The molecule has 0 fully saturated rings. The van der Waals surface area contributed by atoms with Crippen LogP contribution in [0.1, 0.15) is 16.6 Å². The number of ether oxygens (including phenoxy) is 1. The number of hydrogen-bond acceptors (Lipinski definition) is 6. The molecule has 28 heavy (non-hydrogen) atoms. The lowest BCUT2D eigenvalue weighted by Gasteiger charge is -2.15. The SMILES string of the molecule is COc1ccc([C@@H](C[N+](=O)[O-])Sc2nnc(C)n2-c2ccc(F)cc2)cc1Br. The van der Waals surface area contributed by atoms with Crippen molar-refractivity contribution >= 4 is 27.7 Å². The Morgan fingerprint density at radius 1 is 1.29 bits per heavy atom. The van der Waals surface area contributed by atoms with Gasteiger partial charge in [-0.05, 0) is 64.8 Å². The van der Waals surface area contributed by atoms with Crippen molar-refractivity contribution in [1.82, 2.24) is 14.8 Å². The molecule has 0 spiro atoms. The number of aryl methyl sites for hydroxylation is 1. The zero-order valence-electron chi connectivity index (χ0n) is 15.0. The van der Waals surface area contributed by atoms with Crippen molar-refractivity contribution in [1.29, 1.82) is 0 Å². The Kier molecular flexibility index (Phi) is 6.30. The van der Waals surface area contributed by atoms with Crippen LogP contribution >= 0.6 is 27.7 Å². The first-order valence-corrected chi connectivity index (χ1v) is 9.86. The fraction of sp³-hybridized carbons (Fsp3) is 0.222. The summed E-state index contributed by atoms with van der Waals surface area (Å²) in [6.45, 7) is 1.48. The van der Waals surface area contributed by atoms with E-state index in [2.05, 4.69) is 26.1 Å². The van der Waals surface area contributed by atoms with Crippen LogP contribution < -0.4 is 4.74 Å². The first-order chi connectivity index (χ1) is 13.4. The van der Waals surface area contributed by atoms with Crippen LogP contribution in [0.2, 0.25) is 0 Å². The Balaban J connectivity index is 1.97. The lowest BCUT2D eigenvalue weighted by atomic mass is 10.1. The molecule has 3 aromatic rings. The minimum absolute atomic E-state index is 0.293. The van der Waals surface area contributed by atoms with E-state index in [0.717, 1.165) is 5.56 Å². The van der Waals surface area contributed by atoms with Crippen LogP contribution in [0.15, 0.2) is 52.1 Å². The second-order valence-corrected chi connectivity index (χ2v) is 7.88. The summed E-state index contributed by atoms with van der Waals surface area (Å²) in [5.74, 6) is 0.891. The Morgan fingerprint density at radius 2 is 2.00 bits per heavy atom. The van der Waals surface area contributed by atoms with E-state index in [4.69, 9.17) is 4.74 Å². The van der Waals surface area contributed by atoms with Gasteiger partial charge in [0.2, 0.25) is 6.54 Å². The van der Waals surface area contributed by atoms with Gasteiger partial charge in [0.25, 0.3) is 0 Å². The summed E-state index contributed by atoms with van der Waals surface area (Å²) in [6, 6.07) is 11.3. The third-order valence-corrected chi connectivity index (χ3v) is 5.79. The average molecular weight is 467 g/mol. The molecule has 1 atom stereocenters. The first kappa shape index (κ1) is 20.3. The van der Waals surface area contributed by atoms with Crippen molar-refractivity contribution in [3.63, 3.8) is 0 Å². The molecule has 0 saturated heterocycles. The summed E-state index contributed by atoms with van der Waals surface area (Å²) >= 11 is 4.65. The molecule has 1 aromatic heterocycles. The molecule has 7 nitrogen and oxygen atoms in total. The van der Waals surface area contributed by atoms with Gasteiger partial charge in [-0.25, -0.2) is 4.39 Å². The van der Waals surface area contributed by atoms with Gasteiger partial charge in [-0.2, -0.15) is 0 Å². The number of benzene rings is 2. The smallest absolute Gasteiger partial charge is 0.220 e. The highest BCUT2D eigenvalue weighted by Gasteiger charge is 2.24. The van der Waals surface area contributed by atoms with E-state index in [1.54, 1.807) is 48.9 Å². The normalized spacial score (nSPS) is 12.0. The van der Waals surface area contributed by atoms with Crippen molar-refractivity contribution in [3.05, 3.63) is 74.3 Å². The topological polar surface area (TPSA) is 83.1 Å². The van der Waals surface area contributed by atoms with Crippen molar-refractivity contribution in [2.75, 3.05) is 13.7 Å². The third-order valence-electron chi connectivity index (χ3n) is 3.99. The zero-order chi connectivity index (χ0) is 20.3. The molecule has 0 radical (unpaired) electrons. The fourth-order valence-electron chi connectivity index (χ4n) is 2.66. The van der Waals surface area contributed by atoms with Crippen molar-refractivity contribution < 1.29 is 14.1 Å². The maximum absolute atomic E-state index is 13.3. The van der Waals surface area contributed by atoms with Gasteiger partial charge in [-0.15, -0.1) is 10.2 Å². The minimum atomic E-state index is -0.500. The summed E-state index contributed by atoms with van der Waals surface area (Å²) in [6.07, 6.45) is 0. The summed E-state index contributed by atoms with van der Waals surface area (Å²) in [7, 11) is 1.55. The van der Waals surface area contributed by atoms with E-state index in [1.165, 1.54) is 23.9 Å². The maximum Gasteiger partial charge on any atom is 0.220 e. The number of hydrogen-bond donors (Lipinski definition) is 0. The molecule has 3 rings (SSSR count). The Morgan fingerprint density at radius 3 is 2.61 bits per heavy atom. The first-order valence-electron chi connectivity index (χ1n) is 8.19. The molecule has 0 unspecified atom stereocenters. The Bertz CT molecular complexity index is 997. The lowest BCUT2D eigenvalue weighted by molar-refractivity contribution is -0.479. The molecular weight excluding hydrogens is 451 g/mol. The number of aromatic nitrogens is 3. The van der Waals surface area contributed by atoms with Crippen molar-refractivity contribution in [2.45, 2.75) is 17.3 Å². The summed E-state index contributed by atoms with van der Waals surface area (Å²) in [5, 5.41) is 19.5. The van der Waals surface area contributed by atoms with Crippen LogP contribution in [0.5, 0.6) is 5.75 Å². The summed E-state index contributed by atoms with van der Waals surface area (Å²) in [4.78, 5) is 10.9. The summed E-state index contributed by atoms with van der Waals surface area (Å²) in [5.41, 5.74) is 1.43. The number of nitro groups is 1. The molecule has 146 valence electrons. The monoisotopic (exact) mass is 466 g/mol. The zero-order valence-corrected chi connectivity index (χ0v) is 17.4. The average Bonchev–Trinajstić information content (AvgIpc) is 3.02. The molecule has 0 aliphatic rings. The molecule has 0 bridgehead atoms. The highest BCUT2D eigenvalue weighted by Crippen LogP contribution is 2.38. The molecule has 0 N–H and O–H groups in total. The molecule has 0 aliphatic heterocycles. The second-order valence-electron chi connectivity index (χ2n) is 5.86. The lowest BCUT2D eigenvalue weighted by Crippen LogP contribution is -2.11. The van der Waals surface area contributed by atoms with E-state index in [9.17, 15) is 14.5 Å². The predicted molar refractivity (Wildman–Crippen MR) is 107 cm³/mol. The largest absolute Gasteiger partial charge is 0.496 e. The minimum Gasteiger partial charge on any atom is -0.496 e. The number of rotatable bonds is 7. The van der Waals surface area contributed by atoms with Gasteiger partial charge in [-0.1, -0.05) is 17.8 Å². The van der Waals surface area contributed by atoms with E-state index >= 15 is 0 Å². The second kappa shape index (κ2) is 8.70.